The lowest BCUT2D eigenvalue weighted by atomic mass is 9.72. The number of hydrogen-bond acceptors (Lipinski definition) is 3. The van der Waals surface area contributed by atoms with E-state index in [0.29, 0.717) is 12.7 Å². The van der Waals surface area contributed by atoms with Gasteiger partial charge in [-0.3, -0.25) is 0 Å². The molecule has 0 saturated carbocycles. The summed E-state index contributed by atoms with van der Waals surface area (Å²) in [5.41, 5.74) is -0.575. The van der Waals surface area contributed by atoms with E-state index in [4.69, 9.17) is 9.47 Å². The Morgan fingerprint density at radius 3 is 2.33 bits per heavy atom. The van der Waals surface area contributed by atoms with Gasteiger partial charge in [0.2, 0.25) is 0 Å². The lowest BCUT2D eigenvalue weighted by Crippen LogP contribution is -2.45. The fraction of sp³-hybridized carbons (Fsp3) is 1.00. The summed E-state index contributed by atoms with van der Waals surface area (Å²) in [6, 6.07) is 0. The molecule has 1 saturated heterocycles. The Morgan fingerprint density at radius 1 is 1.24 bits per heavy atom. The number of hydrogen-bond donors (Lipinski definition) is 1. The van der Waals surface area contributed by atoms with Gasteiger partial charge in [0, 0.05) is 19.1 Å². The maximum absolute atomic E-state index is 10.7. The first-order valence-corrected chi connectivity index (χ1v) is 8.74. The second-order valence-corrected chi connectivity index (χ2v) is 7.41. The van der Waals surface area contributed by atoms with Crippen LogP contribution in [0.3, 0.4) is 0 Å². The minimum absolute atomic E-state index is 0.0909. The van der Waals surface area contributed by atoms with Crippen LogP contribution in [-0.2, 0) is 9.47 Å². The van der Waals surface area contributed by atoms with Crippen LogP contribution in [0.4, 0.5) is 0 Å². The summed E-state index contributed by atoms with van der Waals surface area (Å²) in [6.45, 7) is 14.3. The molecule has 21 heavy (non-hydrogen) atoms. The van der Waals surface area contributed by atoms with Gasteiger partial charge in [-0.1, -0.05) is 27.7 Å². The second-order valence-electron chi connectivity index (χ2n) is 7.41. The fourth-order valence-electron chi connectivity index (χ4n) is 3.74. The molecule has 0 aromatic carbocycles. The highest BCUT2D eigenvalue weighted by atomic mass is 16.5. The maximum Gasteiger partial charge on any atom is 0.0669 e. The molecule has 0 radical (unpaired) electrons. The quantitative estimate of drug-likeness (QED) is 0.694. The molecule has 1 aliphatic heterocycles. The number of ether oxygens (including phenoxy) is 2. The maximum atomic E-state index is 10.7. The number of rotatable bonds is 9. The second kappa shape index (κ2) is 7.94. The van der Waals surface area contributed by atoms with E-state index in [1.807, 2.05) is 13.8 Å². The van der Waals surface area contributed by atoms with E-state index in [1.165, 1.54) is 0 Å². The summed E-state index contributed by atoms with van der Waals surface area (Å²) in [4.78, 5) is 0. The van der Waals surface area contributed by atoms with Crippen molar-refractivity contribution in [1.29, 1.82) is 0 Å². The van der Waals surface area contributed by atoms with E-state index in [9.17, 15) is 5.11 Å². The molecule has 1 aliphatic rings. The van der Waals surface area contributed by atoms with Crippen molar-refractivity contribution in [3.63, 3.8) is 0 Å². The summed E-state index contributed by atoms with van der Waals surface area (Å²) in [7, 11) is 0. The molecule has 1 rings (SSSR count). The third-order valence-corrected chi connectivity index (χ3v) is 5.31. The van der Waals surface area contributed by atoms with Crippen molar-refractivity contribution in [3.05, 3.63) is 0 Å². The van der Waals surface area contributed by atoms with E-state index >= 15 is 0 Å². The first kappa shape index (κ1) is 18.9. The van der Waals surface area contributed by atoms with E-state index < -0.39 is 5.60 Å². The predicted octanol–water partition coefficient (Wildman–Crippen LogP) is 4.17. The Morgan fingerprint density at radius 2 is 1.90 bits per heavy atom. The smallest absolute Gasteiger partial charge is 0.0669 e. The lowest BCUT2D eigenvalue weighted by molar-refractivity contribution is -0.110. The van der Waals surface area contributed by atoms with Crippen molar-refractivity contribution in [2.24, 2.45) is 11.3 Å². The van der Waals surface area contributed by atoms with Gasteiger partial charge in [-0.2, -0.15) is 0 Å². The third-order valence-electron chi connectivity index (χ3n) is 5.31. The Kier molecular flexibility index (Phi) is 7.15. The molecular formula is C18H36O3. The molecule has 4 atom stereocenters. The van der Waals surface area contributed by atoms with Crippen LogP contribution < -0.4 is 0 Å². The molecule has 3 heteroatoms. The largest absolute Gasteiger partial charge is 0.390 e. The normalized spacial score (nSPS) is 25.6. The summed E-state index contributed by atoms with van der Waals surface area (Å²) in [5.74, 6) is 0.170. The zero-order chi connectivity index (χ0) is 16.1. The molecule has 1 fully saturated rings. The minimum Gasteiger partial charge on any atom is -0.390 e. The van der Waals surface area contributed by atoms with Crippen LogP contribution in [0, 0.1) is 11.3 Å². The Hall–Kier alpha value is -0.120. The first-order valence-electron chi connectivity index (χ1n) is 8.74. The third kappa shape index (κ3) is 4.94. The number of aliphatic hydroxyl groups is 1. The highest BCUT2D eigenvalue weighted by Gasteiger charge is 2.41. The average molecular weight is 300 g/mol. The Balaban J connectivity index is 2.84. The molecule has 4 unspecified atom stereocenters. The summed E-state index contributed by atoms with van der Waals surface area (Å²) < 4.78 is 12.0. The van der Waals surface area contributed by atoms with Gasteiger partial charge in [-0.15, -0.1) is 0 Å². The standard InChI is InChI=1S/C18H36O3/c1-7-14(18(6,19)8-2)15(20-9-3)13-17(4,5)16-11-10-12-21-16/h14-16,19H,7-13H2,1-6H3. The first-order chi connectivity index (χ1) is 9.78. The van der Waals surface area contributed by atoms with Crippen molar-refractivity contribution >= 4 is 0 Å². The minimum atomic E-state index is -0.665. The topological polar surface area (TPSA) is 38.7 Å². The van der Waals surface area contributed by atoms with Gasteiger partial charge in [0.05, 0.1) is 17.8 Å². The molecule has 0 aliphatic carbocycles. The van der Waals surface area contributed by atoms with Crippen LogP contribution in [-0.4, -0.2) is 36.1 Å². The van der Waals surface area contributed by atoms with Crippen LogP contribution in [0.2, 0.25) is 0 Å². The molecule has 126 valence electrons. The zero-order valence-corrected chi connectivity index (χ0v) is 14.9. The molecule has 0 spiro atoms. The summed E-state index contributed by atoms with van der Waals surface area (Å²) >= 11 is 0. The van der Waals surface area contributed by atoms with Gasteiger partial charge >= 0.3 is 0 Å². The Bertz CT molecular complexity index is 293. The highest BCUT2D eigenvalue weighted by Crippen LogP contribution is 2.40. The SMILES string of the molecule is CCOC(CC(C)(C)C1CCCO1)C(CC)C(C)(O)CC. The van der Waals surface area contributed by atoms with Gasteiger partial charge in [0.25, 0.3) is 0 Å². The van der Waals surface area contributed by atoms with Crippen molar-refractivity contribution < 1.29 is 14.6 Å². The van der Waals surface area contributed by atoms with Crippen molar-refractivity contribution in [2.75, 3.05) is 13.2 Å². The van der Waals surface area contributed by atoms with Crippen molar-refractivity contribution in [1.82, 2.24) is 0 Å². The van der Waals surface area contributed by atoms with Gasteiger partial charge in [0.1, 0.15) is 0 Å². The van der Waals surface area contributed by atoms with Crippen LogP contribution in [0.15, 0.2) is 0 Å². The predicted molar refractivity (Wildman–Crippen MR) is 87.5 cm³/mol. The molecule has 0 aromatic heterocycles. The molecule has 3 nitrogen and oxygen atoms in total. The van der Waals surface area contributed by atoms with Crippen LogP contribution >= 0.6 is 0 Å². The monoisotopic (exact) mass is 300 g/mol. The van der Waals surface area contributed by atoms with Gasteiger partial charge in [-0.05, 0) is 51.4 Å². The van der Waals surface area contributed by atoms with Crippen LogP contribution in [0.25, 0.3) is 0 Å². The molecule has 0 amide bonds. The zero-order valence-electron chi connectivity index (χ0n) is 14.9. The van der Waals surface area contributed by atoms with Crippen molar-refractivity contribution in [3.8, 4) is 0 Å². The molecule has 1 N–H and O–H groups in total. The van der Waals surface area contributed by atoms with E-state index in [1.54, 1.807) is 0 Å². The fourth-order valence-corrected chi connectivity index (χ4v) is 3.74. The Labute approximate surface area is 131 Å². The van der Waals surface area contributed by atoms with Crippen molar-refractivity contribution in [2.45, 2.75) is 91.5 Å². The highest BCUT2D eigenvalue weighted by molar-refractivity contribution is 4.91. The van der Waals surface area contributed by atoms with Gasteiger partial charge in [0.15, 0.2) is 0 Å². The average Bonchev–Trinajstić information content (AvgIpc) is 2.93. The lowest BCUT2D eigenvalue weighted by Gasteiger charge is -2.42. The van der Waals surface area contributed by atoms with E-state index in [-0.39, 0.29) is 17.4 Å². The van der Waals surface area contributed by atoms with E-state index in [0.717, 1.165) is 38.7 Å². The molecular weight excluding hydrogens is 264 g/mol. The summed E-state index contributed by atoms with van der Waals surface area (Å²) in [6.07, 6.45) is 5.37. The molecule has 1 heterocycles. The molecule has 0 aromatic rings. The molecule has 0 bridgehead atoms. The van der Waals surface area contributed by atoms with Gasteiger partial charge < -0.3 is 14.6 Å². The van der Waals surface area contributed by atoms with E-state index in [2.05, 4.69) is 27.7 Å². The van der Waals surface area contributed by atoms with Crippen LogP contribution in [0.5, 0.6) is 0 Å². The van der Waals surface area contributed by atoms with Crippen LogP contribution in [0.1, 0.15) is 73.6 Å². The summed E-state index contributed by atoms with van der Waals surface area (Å²) in [5, 5.41) is 10.7. The van der Waals surface area contributed by atoms with Gasteiger partial charge in [-0.25, -0.2) is 0 Å².